The second-order valence-corrected chi connectivity index (χ2v) is 7.61. The largest absolute Gasteiger partial charge is 0.469 e. The summed E-state index contributed by atoms with van der Waals surface area (Å²) in [7, 11) is 1.39. The van der Waals surface area contributed by atoms with E-state index in [1.165, 1.54) is 7.11 Å². The van der Waals surface area contributed by atoms with E-state index >= 15 is 0 Å². The molecule has 0 radical (unpaired) electrons. The maximum atomic E-state index is 11.2. The zero-order valence-corrected chi connectivity index (χ0v) is 17.2. The second kappa shape index (κ2) is 10.7. The van der Waals surface area contributed by atoms with Gasteiger partial charge in [-0.25, -0.2) is 0 Å². The molecule has 5 nitrogen and oxygen atoms in total. The van der Waals surface area contributed by atoms with Gasteiger partial charge in [0.2, 0.25) is 0 Å². The highest BCUT2D eigenvalue weighted by Crippen LogP contribution is 2.38. The highest BCUT2D eigenvalue weighted by atomic mass is 35.5. The van der Waals surface area contributed by atoms with Gasteiger partial charge in [0.15, 0.2) is 6.29 Å². The molecule has 1 aliphatic heterocycles. The molecular formula is C23H27ClO5. The van der Waals surface area contributed by atoms with E-state index in [9.17, 15) is 9.90 Å². The van der Waals surface area contributed by atoms with Gasteiger partial charge < -0.3 is 19.3 Å². The molecule has 0 bridgehead atoms. The summed E-state index contributed by atoms with van der Waals surface area (Å²) in [6.07, 6.45) is 11.8. The summed E-state index contributed by atoms with van der Waals surface area (Å²) in [6.45, 7) is 0.489. The second-order valence-electron chi connectivity index (χ2n) is 7.21. The molecule has 1 aliphatic carbocycles. The number of rotatable bonds is 7. The smallest absolute Gasteiger partial charge is 0.305 e. The van der Waals surface area contributed by atoms with E-state index in [0.29, 0.717) is 24.5 Å². The Bertz CT molecular complexity index is 772. The molecule has 1 fully saturated rings. The lowest BCUT2D eigenvalue weighted by Crippen LogP contribution is -2.44. The lowest BCUT2D eigenvalue weighted by Gasteiger charge is -2.41. The molecule has 5 atom stereocenters. The Morgan fingerprint density at radius 2 is 2.07 bits per heavy atom. The van der Waals surface area contributed by atoms with E-state index < -0.39 is 12.4 Å². The van der Waals surface area contributed by atoms with Crippen molar-refractivity contribution in [1.82, 2.24) is 0 Å². The van der Waals surface area contributed by atoms with E-state index in [-0.39, 0.29) is 23.9 Å². The van der Waals surface area contributed by atoms with Gasteiger partial charge in [0.05, 0.1) is 25.9 Å². The van der Waals surface area contributed by atoms with Gasteiger partial charge in [-0.15, -0.1) is 0 Å². The number of hydrogen-bond acceptors (Lipinski definition) is 5. The number of carbonyl (C=O) groups is 1. The van der Waals surface area contributed by atoms with E-state index in [1.54, 1.807) is 6.08 Å². The monoisotopic (exact) mass is 418 g/mol. The summed E-state index contributed by atoms with van der Waals surface area (Å²) < 4.78 is 17.0. The van der Waals surface area contributed by atoms with Gasteiger partial charge in [-0.2, -0.15) is 0 Å². The van der Waals surface area contributed by atoms with Crippen molar-refractivity contribution in [3.05, 3.63) is 71.3 Å². The molecule has 0 aromatic heterocycles. The number of hydrogen-bond donors (Lipinski definition) is 1. The lowest BCUT2D eigenvalue weighted by atomic mass is 9.82. The van der Waals surface area contributed by atoms with Gasteiger partial charge in [-0.3, -0.25) is 4.79 Å². The first-order valence-corrected chi connectivity index (χ1v) is 10.2. The molecule has 0 amide bonds. The molecule has 6 heteroatoms. The van der Waals surface area contributed by atoms with Crippen LogP contribution in [0.2, 0.25) is 5.02 Å². The number of halogens is 1. The van der Waals surface area contributed by atoms with Crippen molar-refractivity contribution in [1.29, 1.82) is 0 Å². The third-order valence-corrected chi connectivity index (χ3v) is 5.59. The van der Waals surface area contributed by atoms with Gasteiger partial charge in [-0.05, 0) is 18.9 Å². The SMILES string of the molecule is COC(=O)CCC=CCC1COC(c2ccccc2Cl)OC1C1C=CC=CC1O. The molecule has 1 aromatic carbocycles. The highest BCUT2D eigenvalue weighted by molar-refractivity contribution is 6.31. The lowest BCUT2D eigenvalue weighted by molar-refractivity contribution is -0.253. The Morgan fingerprint density at radius 1 is 1.28 bits per heavy atom. The summed E-state index contributed by atoms with van der Waals surface area (Å²) in [4.78, 5) is 11.2. The quantitative estimate of drug-likeness (QED) is 0.526. The van der Waals surface area contributed by atoms with Gasteiger partial charge >= 0.3 is 5.97 Å². The van der Waals surface area contributed by atoms with Crippen molar-refractivity contribution in [3.63, 3.8) is 0 Å². The van der Waals surface area contributed by atoms with Gasteiger partial charge in [-0.1, -0.05) is 66.3 Å². The fourth-order valence-electron chi connectivity index (χ4n) is 3.64. The maximum absolute atomic E-state index is 11.2. The Kier molecular flexibility index (Phi) is 8.07. The first kappa shape index (κ1) is 21.8. The molecule has 1 heterocycles. The predicted octanol–water partition coefficient (Wildman–Crippen LogP) is 4.37. The minimum absolute atomic E-state index is 0.0684. The molecule has 5 unspecified atom stereocenters. The van der Waals surface area contributed by atoms with E-state index in [2.05, 4.69) is 4.74 Å². The minimum atomic E-state index is -0.610. The number of methoxy groups -OCH3 is 1. The van der Waals surface area contributed by atoms with Crippen LogP contribution in [0.25, 0.3) is 0 Å². The van der Waals surface area contributed by atoms with E-state index in [4.69, 9.17) is 21.1 Å². The standard InChI is InChI=1S/C23H27ClO5/c1-27-21(26)14-4-2-3-9-16-15-28-23(17-10-5-7-12-19(17)24)29-22(16)18-11-6-8-13-20(18)25/h2-3,5-8,10-13,16,18,20,22-23,25H,4,9,14-15H2,1H3. The van der Waals surface area contributed by atoms with E-state index in [0.717, 1.165) is 12.0 Å². The van der Waals surface area contributed by atoms with Crippen molar-refractivity contribution >= 4 is 17.6 Å². The fraction of sp³-hybridized carbons (Fsp3) is 0.435. The third kappa shape index (κ3) is 5.80. The topological polar surface area (TPSA) is 65.0 Å². The van der Waals surface area contributed by atoms with Crippen molar-refractivity contribution in [3.8, 4) is 0 Å². The fourth-order valence-corrected chi connectivity index (χ4v) is 3.87. The van der Waals surface area contributed by atoms with Crippen LogP contribution < -0.4 is 0 Å². The first-order valence-electron chi connectivity index (χ1n) is 9.86. The van der Waals surface area contributed by atoms with Crippen LogP contribution in [-0.2, 0) is 19.0 Å². The molecule has 156 valence electrons. The van der Waals surface area contributed by atoms with Crippen LogP contribution in [0.5, 0.6) is 0 Å². The first-order chi connectivity index (χ1) is 14.1. The molecule has 1 aromatic rings. The van der Waals surface area contributed by atoms with Crippen molar-refractivity contribution in [2.24, 2.45) is 11.8 Å². The Hall–Kier alpha value is -1.92. The van der Waals surface area contributed by atoms with Crippen molar-refractivity contribution < 1.29 is 24.1 Å². The van der Waals surface area contributed by atoms with Gasteiger partial charge in [0, 0.05) is 28.8 Å². The zero-order chi connectivity index (χ0) is 20.6. The molecular weight excluding hydrogens is 392 g/mol. The van der Waals surface area contributed by atoms with Gasteiger partial charge in [0.1, 0.15) is 0 Å². The Labute approximate surface area is 176 Å². The van der Waals surface area contributed by atoms with Crippen LogP contribution in [0, 0.1) is 11.8 Å². The van der Waals surface area contributed by atoms with Crippen LogP contribution >= 0.6 is 11.6 Å². The Balaban J connectivity index is 1.69. The highest BCUT2D eigenvalue weighted by Gasteiger charge is 2.39. The number of allylic oxidation sites excluding steroid dienone is 4. The maximum Gasteiger partial charge on any atom is 0.305 e. The summed E-state index contributed by atoms with van der Waals surface area (Å²) in [5.41, 5.74) is 0.788. The van der Waals surface area contributed by atoms with Crippen LogP contribution in [0.15, 0.2) is 60.7 Å². The predicted molar refractivity (Wildman–Crippen MR) is 111 cm³/mol. The van der Waals surface area contributed by atoms with Crippen LogP contribution in [0.3, 0.4) is 0 Å². The summed E-state index contributed by atoms with van der Waals surface area (Å²) in [6, 6.07) is 7.47. The zero-order valence-electron chi connectivity index (χ0n) is 16.4. The van der Waals surface area contributed by atoms with Gasteiger partial charge in [0.25, 0.3) is 0 Å². The van der Waals surface area contributed by atoms with Crippen molar-refractivity contribution in [2.45, 2.75) is 37.8 Å². The number of esters is 1. The normalized spacial score (nSPS) is 29.3. The molecule has 1 saturated heterocycles. The number of carbonyl (C=O) groups excluding carboxylic acids is 1. The molecule has 29 heavy (non-hydrogen) atoms. The number of aliphatic hydroxyl groups excluding tert-OH is 1. The van der Waals surface area contributed by atoms with Crippen LogP contribution in [-0.4, -0.2) is 37.0 Å². The number of aliphatic hydroxyl groups is 1. The summed E-state index contributed by atoms with van der Waals surface area (Å²) in [5.74, 6) is -0.317. The molecule has 0 saturated carbocycles. The number of ether oxygens (including phenoxy) is 3. The average Bonchev–Trinajstić information content (AvgIpc) is 2.74. The van der Waals surface area contributed by atoms with Crippen LogP contribution in [0.4, 0.5) is 0 Å². The van der Waals surface area contributed by atoms with E-state index in [1.807, 2.05) is 54.6 Å². The average molecular weight is 419 g/mol. The third-order valence-electron chi connectivity index (χ3n) is 5.24. The van der Waals surface area contributed by atoms with Crippen molar-refractivity contribution in [2.75, 3.05) is 13.7 Å². The number of benzene rings is 1. The molecule has 3 rings (SSSR count). The summed E-state index contributed by atoms with van der Waals surface area (Å²) >= 11 is 6.33. The summed E-state index contributed by atoms with van der Waals surface area (Å²) in [5, 5.41) is 11.1. The minimum Gasteiger partial charge on any atom is -0.469 e. The molecule has 1 N–H and O–H groups in total. The van der Waals surface area contributed by atoms with Crippen LogP contribution in [0.1, 0.15) is 31.1 Å². The molecule has 0 spiro atoms. The Morgan fingerprint density at radius 3 is 2.83 bits per heavy atom. The molecule has 2 aliphatic rings.